The molecule has 0 aromatic heterocycles. The fraction of sp³-hybridized carbons (Fsp3) is 0.368. The van der Waals surface area contributed by atoms with Gasteiger partial charge in [0.25, 0.3) is 0 Å². The average molecular weight is 360 g/mol. The van der Waals surface area contributed by atoms with Crippen molar-refractivity contribution in [3.8, 4) is 0 Å². The molecule has 1 aliphatic heterocycles. The summed E-state index contributed by atoms with van der Waals surface area (Å²) in [6.45, 7) is 3.31. The minimum atomic E-state index is 0.282. The highest BCUT2D eigenvalue weighted by molar-refractivity contribution is 9.10. The largest absolute Gasteiger partial charge is 0.396 e. The second-order valence-corrected chi connectivity index (χ2v) is 7.13. The predicted octanol–water partition coefficient (Wildman–Crippen LogP) is 3.73. The summed E-state index contributed by atoms with van der Waals surface area (Å²) in [4.78, 5) is 2.47. The molecule has 0 amide bonds. The maximum atomic E-state index is 9.72. The van der Waals surface area contributed by atoms with Crippen molar-refractivity contribution >= 4 is 15.9 Å². The van der Waals surface area contributed by atoms with Crippen LogP contribution in [0, 0.1) is 11.8 Å². The lowest BCUT2D eigenvalue weighted by Crippen LogP contribution is -2.20. The zero-order valence-corrected chi connectivity index (χ0v) is 14.2. The first-order chi connectivity index (χ1) is 10.7. The molecule has 0 aliphatic carbocycles. The molecule has 116 valence electrons. The summed E-state index contributed by atoms with van der Waals surface area (Å²) in [5.41, 5.74) is 2.70. The van der Waals surface area contributed by atoms with Crippen LogP contribution in [0.15, 0.2) is 59.1 Å². The Morgan fingerprint density at radius 1 is 0.955 bits per heavy atom. The molecule has 1 aliphatic rings. The van der Waals surface area contributed by atoms with Crippen LogP contribution in [0.25, 0.3) is 0 Å². The van der Waals surface area contributed by atoms with Crippen LogP contribution < -0.4 is 0 Å². The van der Waals surface area contributed by atoms with Crippen LogP contribution in [0.2, 0.25) is 0 Å². The van der Waals surface area contributed by atoms with E-state index in [1.54, 1.807) is 0 Å². The van der Waals surface area contributed by atoms with Gasteiger partial charge >= 0.3 is 0 Å². The molecule has 22 heavy (non-hydrogen) atoms. The number of likely N-dealkylation sites (tertiary alicyclic amines) is 1. The Bertz CT molecular complexity index is 601. The van der Waals surface area contributed by atoms with Gasteiger partial charge in [-0.1, -0.05) is 58.4 Å². The summed E-state index contributed by atoms with van der Waals surface area (Å²) in [5.74, 6) is 0.908. The molecule has 2 atom stereocenters. The molecule has 0 saturated carbocycles. The summed E-state index contributed by atoms with van der Waals surface area (Å²) in [6.07, 6.45) is 1.04. The smallest absolute Gasteiger partial charge is 0.0474 e. The number of hydrogen-bond acceptors (Lipinski definition) is 2. The molecule has 1 N–H and O–H groups in total. The summed E-state index contributed by atoms with van der Waals surface area (Å²) in [6, 6.07) is 19.1. The first-order valence-corrected chi connectivity index (χ1v) is 8.65. The van der Waals surface area contributed by atoms with Crippen molar-refractivity contribution < 1.29 is 5.11 Å². The van der Waals surface area contributed by atoms with Crippen molar-refractivity contribution in [2.24, 2.45) is 11.8 Å². The van der Waals surface area contributed by atoms with Crippen molar-refractivity contribution in [1.82, 2.24) is 4.90 Å². The first-order valence-electron chi connectivity index (χ1n) is 7.86. The standard InChI is InChI=1S/C19H22BrNO/c20-19-8-4-7-16(10-19)9-17-12-21(13-18(17)14-22)11-15-5-2-1-3-6-15/h1-8,10,17-18,22H,9,11-14H2/t17?,18-/m1/s1. The van der Waals surface area contributed by atoms with E-state index in [1.807, 2.05) is 0 Å². The van der Waals surface area contributed by atoms with Crippen LogP contribution in [0.1, 0.15) is 11.1 Å². The lowest BCUT2D eigenvalue weighted by atomic mass is 9.90. The molecule has 2 nitrogen and oxygen atoms in total. The first kappa shape index (κ1) is 15.7. The Balaban J connectivity index is 1.64. The predicted molar refractivity (Wildman–Crippen MR) is 93.6 cm³/mol. The molecular weight excluding hydrogens is 338 g/mol. The topological polar surface area (TPSA) is 23.5 Å². The normalized spacial score (nSPS) is 22.1. The van der Waals surface area contributed by atoms with Crippen LogP contribution in [-0.4, -0.2) is 29.7 Å². The highest BCUT2D eigenvalue weighted by atomic mass is 79.9. The van der Waals surface area contributed by atoms with E-state index in [2.05, 4.69) is 75.4 Å². The average Bonchev–Trinajstić information content (AvgIpc) is 2.90. The summed E-state index contributed by atoms with van der Waals surface area (Å²) in [7, 11) is 0. The van der Waals surface area contributed by atoms with Gasteiger partial charge in [0.05, 0.1) is 0 Å². The van der Waals surface area contributed by atoms with Crippen LogP contribution >= 0.6 is 15.9 Å². The van der Waals surface area contributed by atoms with Crippen LogP contribution in [0.5, 0.6) is 0 Å². The van der Waals surface area contributed by atoms with Crippen LogP contribution in [0.4, 0.5) is 0 Å². The van der Waals surface area contributed by atoms with E-state index in [4.69, 9.17) is 0 Å². The molecule has 1 unspecified atom stereocenters. The lowest BCUT2D eigenvalue weighted by Gasteiger charge is -2.16. The zero-order valence-electron chi connectivity index (χ0n) is 12.7. The van der Waals surface area contributed by atoms with Gasteiger partial charge in [-0.25, -0.2) is 0 Å². The summed E-state index contributed by atoms with van der Waals surface area (Å²) >= 11 is 3.54. The SMILES string of the molecule is OC[C@H]1CN(Cc2ccccc2)CC1Cc1cccc(Br)c1. The second-order valence-electron chi connectivity index (χ2n) is 6.22. The molecule has 1 heterocycles. The van der Waals surface area contributed by atoms with E-state index in [0.29, 0.717) is 11.8 Å². The molecule has 3 heteroatoms. The number of nitrogens with zero attached hydrogens (tertiary/aromatic N) is 1. The minimum absolute atomic E-state index is 0.282. The molecule has 0 spiro atoms. The van der Waals surface area contributed by atoms with E-state index in [1.165, 1.54) is 11.1 Å². The third kappa shape index (κ3) is 3.97. The van der Waals surface area contributed by atoms with E-state index in [0.717, 1.165) is 30.5 Å². The highest BCUT2D eigenvalue weighted by Gasteiger charge is 2.32. The number of rotatable bonds is 5. The molecule has 1 saturated heterocycles. The van der Waals surface area contributed by atoms with Gasteiger partial charge in [-0.15, -0.1) is 0 Å². The molecule has 0 bridgehead atoms. The van der Waals surface area contributed by atoms with Crippen molar-refractivity contribution in [1.29, 1.82) is 0 Å². The third-order valence-corrected chi connectivity index (χ3v) is 5.02. The minimum Gasteiger partial charge on any atom is -0.396 e. The molecule has 1 fully saturated rings. The van der Waals surface area contributed by atoms with Gasteiger partial charge in [-0.2, -0.15) is 0 Å². The Labute approximate surface area is 140 Å². The van der Waals surface area contributed by atoms with Crippen LogP contribution in [0.3, 0.4) is 0 Å². The lowest BCUT2D eigenvalue weighted by molar-refractivity contribution is 0.199. The molecule has 2 aromatic carbocycles. The Morgan fingerprint density at radius 2 is 1.68 bits per heavy atom. The Kier molecular flexibility index (Phi) is 5.29. The summed E-state index contributed by atoms with van der Waals surface area (Å²) < 4.78 is 1.13. The van der Waals surface area contributed by atoms with Crippen molar-refractivity contribution in [2.75, 3.05) is 19.7 Å². The Morgan fingerprint density at radius 3 is 2.41 bits per heavy atom. The van der Waals surface area contributed by atoms with E-state index in [-0.39, 0.29) is 6.61 Å². The number of halogens is 1. The van der Waals surface area contributed by atoms with E-state index < -0.39 is 0 Å². The zero-order chi connectivity index (χ0) is 15.4. The molecule has 3 rings (SSSR count). The Hall–Kier alpha value is -1.16. The van der Waals surface area contributed by atoms with Gasteiger partial charge in [0.2, 0.25) is 0 Å². The third-order valence-electron chi connectivity index (χ3n) is 4.52. The monoisotopic (exact) mass is 359 g/mol. The second kappa shape index (κ2) is 7.40. The summed E-state index contributed by atoms with van der Waals surface area (Å²) in [5, 5.41) is 9.72. The molecular formula is C19H22BrNO. The van der Waals surface area contributed by atoms with Crippen molar-refractivity contribution in [2.45, 2.75) is 13.0 Å². The van der Waals surface area contributed by atoms with E-state index in [9.17, 15) is 5.11 Å². The van der Waals surface area contributed by atoms with Crippen molar-refractivity contribution in [3.63, 3.8) is 0 Å². The number of benzene rings is 2. The van der Waals surface area contributed by atoms with Gasteiger partial charge in [-0.3, -0.25) is 4.90 Å². The van der Waals surface area contributed by atoms with Crippen LogP contribution in [-0.2, 0) is 13.0 Å². The van der Waals surface area contributed by atoms with Crippen molar-refractivity contribution in [3.05, 3.63) is 70.2 Å². The van der Waals surface area contributed by atoms with E-state index >= 15 is 0 Å². The number of aliphatic hydroxyl groups excluding tert-OH is 1. The molecule has 2 aromatic rings. The quantitative estimate of drug-likeness (QED) is 0.878. The van der Waals surface area contributed by atoms with Gasteiger partial charge in [0.15, 0.2) is 0 Å². The fourth-order valence-electron chi connectivity index (χ4n) is 3.41. The number of aliphatic hydroxyl groups is 1. The van der Waals surface area contributed by atoms with Gasteiger partial charge in [0.1, 0.15) is 0 Å². The number of hydrogen-bond donors (Lipinski definition) is 1. The van der Waals surface area contributed by atoms with Gasteiger partial charge < -0.3 is 5.11 Å². The van der Waals surface area contributed by atoms with Gasteiger partial charge in [0, 0.05) is 30.7 Å². The highest BCUT2D eigenvalue weighted by Crippen LogP contribution is 2.28. The maximum absolute atomic E-state index is 9.72. The van der Waals surface area contributed by atoms with Gasteiger partial charge in [-0.05, 0) is 41.5 Å². The fourth-order valence-corrected chi connectivity index (χ4v) is 3.86. The molecule has 0 radical (unpaired) electrons. The maximum Gasteiger partial charge on any atom is 0.0474 e.